The Kier molecular flexibility index (Phi) is 2.66. The maximum atomic E-state index is 6.17. The zero-order valence-corrected chi connectivity index (χ0v) is 10.1. The van der Waals surface area contributed by atoms with Gasteiger partial charge in [0.25, 0.3) is 0 Å². The normalized spacial score (nSPS) is 25.5. The molecule has 0 amide bonds. The zero-order chi connectivity index (χ0) is 10.3. The molecule has 2 aliphatic heterocycles. The minimum Gasteiger partial charge on any atom is -0.311 e. The van der Waals surface area contributed by atoms with Gasteiger partial charge in [-0.25, -0.2) is 0 Å². The molecule has 1 aromatic heterocycles. The monoisotopic (exact) mass is 243 g/mol. The summed E-state index contributed by atoms with van der Waals surface area (Å²) in [5.41, 5.74) is 2.59. The number of rotatable bonds is 1. The third-order valence-electron chi connectivity index (χ3n) is 3.17. The van der Waals surface area contributed by atoms with Gasteiger partial charge < -0.3 is 5.32 Å². The molecule has 1 saturated heterocycles. The van der Waals surface area contributed by atoms with Crippen LogP contribution in [0, 0.1) is 0 Å². The minimum absolute atomic E-state index is 0.566. The van der Waals surface area contributed by atoms with E-state index in [9.17, 15) is 0 Å². The van der Waals surface area contributed by atoms with Crippen LogP contribution in [0.15, 0.2) is 0 Å². The molecule has 2 aliphatic rings. The van der Waals surface area contributed by atoms with E-state index in [2.05, 4.69) is 15.1 Å². The van der Waals surface area contributed by atoms with Crippen molar-refractivity contribution in [3.05, 3.63) is 16.4 Å². The number of hydrogen-bond donors (Lipinski definition) is 1. The standard InChI is InChI=1S/C10H14ClN3S/c11-10-8-1-3-12-5-9(8)14(13-10)7-2-4-15-6-7/h7,12H,1-6H2. The van der Waals surface area contributed by atoms with E-state index < -0.39 is 0 Å². The fourth-order valence-electron chi connectivity index (χ4n) is 2.34. The van der Waals surface area contributed by atoms with Gasteiger partial charge in [0, 0.05) is 17.9 Å². The van der Waals surface area contributed by atoms with E-state index >= 15 is 0 Å². The van der Waals surface area contributed by atoms with E-state index in [1.165, 1.54) is 29.2 Å². The third kappa shape index (κ3) is 1.69. The number of hydrogen-bond acceptors (Lipinski definition) is 3. The fraction of sp³-hybridized carbons (Fsp3) is 0.700. The first kappa shape index (κ1) is 10.00. The van der Waals surface area contributed by atoms with Crippen LogP contribution in [0.1, 0.15) is 23.7 Å². The molecule has 0 saturated carbocycles. The maximum Gasteiger partial charge on any atom is 0.154 e. The number of halogens is 1. The fourth-order valence-corrected chi connectivity index (χ4v) is 3.82. The smallest absolute Gasteiger partial charge is 0.154 e. The van der Waals surface area contributed by atoms with Crippen LogP contribution in [-0.4, -0.2) is 27.8 Å². The lowest BCUT2D eigenvalue weighted by Crippen LogP contribution is -2.26. The van der Waals surface area contributed by atoms with Crippen LogP contribution < -0.4 is 5.32 Å². The van der Waals surface area contributed by atoms with Crippen molar-refractivity contribution in [1.82, 2.24) is 15.1 Å². The molecule has 0 bridgehead atoms. The van der Waals surface area contributed by atoms with Gasteiger partial charge in [-0.2, -0.15) is 16.9 Å². The van der Waals surface area contributed by atoms with Crippen molar-refractivity contribution < 1.29 is 0 Å². The predicted molar refractivity (Wildman–Crippen MR) is 63.6 cm³/mol. The third-order valence-corrected chi connectivity index (χ3v) is 4.61. The summed E-state index contributed by atoms with van der Waals surface area (Å²) in [7, 11) is 0. The van der Waals surface area contributed by atoms with Gasteiger partial charge in [0.2, 0.25) is 0 Å². The summed E-state index contributed by atoms with van der Waals surface area (Å²) in [5, 5.41) is 8.62. The van der Waals surface area contributed by atoms with E-state index in [-0.39, 0.29) is 0 Å². The second-order valence-corrected chi connectivity index (χ2v) is 5.61. The van der Waals surface area contributed by atoms with Gasteiger partial charge in [0.05, 0.1) is 11.7 Å². The maximum absolute atomic E-state index is 6.17. The zero-order valence-electron chi connectivity index (χ0n) is 8.50. The van der Waals surface area contributed by atoms with Gasteiger partial charge >= 0.3 is 0 Å². The lowest BCUT2D eigenvalue weighted by atomic mass is 10.1. The van der Waals surface area contributed by atoms with Crippen LogP contribution in [0.5, 0.6) is 0 Å². The van der Waals surface area contributed by atoms with Crippen molar-refractivity contribution in [1.29, 1.82) is 0 Å². The molecule has 15 heavy (non-hydrogen) atoms. The number of aromatic nitrogens is 2. The molecule has 1 atom stereocenters. The molecule has 0 aromatic carbocycles. The highest BCUT2D eigenvalue weighted by Gasteiger charge is 2.26. The molecule has 82 valence electrons. The molecule has 0 spiro atoms. The molecule has 5 heteroatoms. The molecular weight excluding hydrogens is 230 g/mol. The minimum atomic E-state index is 0.566. The average molecular weight is 244 g/mol. The lowest BCUT2D eigenvalue weighted by Gasteiger charge is -2.18. The summed E-state index contributed by atoms with van der Waals surface area (Å²) >= 11 is 8.19. The molecule has 0 radical (unpaired) electrons. The molecule has 3 rings (SSSR count). The molecule has 1 aromatic rings. The highest BCUT2D eigenvalue weighted by molar-refractivity contribution is 7.99. The van der Waals surface area contributed by atoms with Crippen LogP contribution in [-0.2, 0) is 13.0 Å². The Morgan fingerprint density at radius 1 is 1.53 bits per heavy atom. The van der Waals surface area contributed by atoms with E-state index in [4.69, 9.17) is 11.6 Å². The van der Waals surface area contributed by atoms with E-state index in [0.717, 1.165) is 24.7 Å². The highest BCUT2D eigenvalue weighted by Crippen LogP contribution is 2.32. The van der Waals surface area contributed by atoms with Gasteiger partial charge in [-0.3, -0.25) is 4.68 Å². The van der Waals surface area contributed by atoms with Crippen LogP contribution >= 0.6 is 23.4 Å². The number of nitrogens with one attached hydrogen (secondary N) is 1. The van der Waals surface area contributed by atoms with Gasteiger partial charge in [0.1, 0.15) is 0 Å². The lowest BCUT2D eigenvalue weighted by molar-refractivity contribution is 0.464. The van der Waals surface area contributed by atoms with Crippen LogP contribution in [0.2, 0.25) is 5.15 Å². The second kappa shape index (κ2) is 4.00. The average Bonchev–Trinajstić information content (AvgIpc) is 2.87. The first-order chi connectivity index (χ1) is 7.36. The first-order valence-electron chi connectivity index (χ1n) is 5.40. The summed E-state index contributed by atoms with van der Waals surface area (Å²) in [6.45, 7) is 1.95. The Hall–Kier alpha value is -0.190. The second-order valence-electron chi connectivity index (χ2n) is 4.10. The first-order valence-corrected chi connectivity index (χ1v) is 6.94. The van der Waals surface area contributed by atoms with Gasteiger partial charge in [0.15, 0.2) is 5.15 Å². The van der Waals surface area contributed by atoms with Gasteiger partial charge in [-0.15, -0.1) is 0 Å². The van der Waals surface area contributed by atoms with Gasteiger partial charge in [-0.1, -0.05) is 11.6 Å². The molecule has 1 unspecified atom stereocenters. The Morgan fingerprint density at radius 2 is 2.47 bits per heavy atom. The molecule has 3 heterocycles. The van der Waals surface area contributed by atoms with Crippen molar-refractivity contribution in [2.45, 2.75) is 25.4 Å². The Morgan fingerprint density at radius 3 is 3.27 bits per heavy atom. The highest BCUT2D eigenvalue weighted by atomic mass is 35.5. The van der Waals surface area contributed by atoms with Crippen molar-refractivity contribution >= 4 is 23.4 Å². The van der Waals surface area contributed by atoms with E-state index in [0.29, 0.717) is 6.04 Å². The molecule has 1 N–H and O–H groups in total. The summed E-state index contributed by atoms with van der Waals surface area (Å²) in [5.74, 6) is 2.44. The van der Waals surface area contributed by atoms with Crippen molar-refractivity contribution in [3.8, 4) is 0 Å². The topological polar surface area (TPSA) is 29.9 Å². The van der Waals surface area contributed by atoms with E-state index in [1.54, 1.807) is 0 Å². The summed E-state index contributed by atoms with van der Waals surface area (Å²) in [4.78, 5) is 0. The molecule has 0 aliphatic carbocycles. The summed E-state index contributed by atoms with van der Waals surface area (Å²) in [6, 6.07) is 0.566. The molecule has 3 nitrogen and oxygen atoms in total. The Balaban J connectivity index is 1.99. The Labute approximate surface area is 98.6 Å². The van der Waals surface area contributed by atoms with Gasteiger partial charge in [-0.05, 0) is 25.1 Å². The van der Waals surface area contributed by atoms with Crippen molar-refractivity contribution in [2.75, 3.05) is 18.1 Å². The Bertz CT molecular complexity index is 371. The predicted octanol–water partition coefficient (Wildman–Crippen LogP) is 1.86. The van der Waals surface area contributed by atoms with Crippen LogP contribution in [0.4, 0.5) is 0 Å². The van der Waals surface area contributed by atoms with Crippen LogP contribution in [0.3, 0.4) is 0 Å². The quantitative estimate of drug-likeness (QED) is 0.817. The number of thioether (sulfide) groups is 1. The number of fused-ring (bicyclic) bond motifs is 1. The largest absolute Gasteiger partial charge is 0.311 e. The molecule has 1 fully saturated rings. The van der Waals surface area contributed by atoms with Crippen molar-refractivity contribution in [3.63, 3.8) is 0 Å². The SMILES string of the molecule is Clc1nn(C2CCSC2)c2c1CCNC2. The van der Waals surface area contributed by atoms with Crippen LogP contribution in [0.25, 0.3) is 0 Å². The summed E-state index contributed by atoms with van der Waals surface area (Å²) in [6.07, 6.45) is 2.25. The summed E-state index contributed by atoms with van der Waals surface area (Å²) < 4.78 is 2.17. The van der Waals surface area contributed by atoms with E-state index in [1.807, 2.05) is 11.8 Å². The molecular formula is C10H14ClN3S. The van der Waals surface area contributed by atoms with Crippen molar-refractivity contribution in [2.24, 2.45) is 0 Å². The number of nitrogens with zero attached hydrogens (tertiary/aromatic N) is 2.